The molecule has 3 aromatic carbocycles. The molecule has 3 heterocycles. The second-order valence-electron chi connectivity index (χ2n) is 8.60. The third kappa shape index (κ3) is 2.60. The molecule has 4 nitrogen and oxygen atoms in total. The Bertz CT molecular complexity index is 1370. The number of H-pyrrole nitrogens is 1. The van der Waals surface area contributed by atoms with Gasteiger partial charge < -0.3 is 4.42 Å². The number of hydrogen-bond donors (Lipinski definition) is 1. The summed E-state index contributed by atoms with van der Waals surface area (Å²) < 4.78 is 5.25. The van der Waals surface area contributed by atoms with Crippen molar-refractivity contribution >= 4 is 22.7 Å². The number of fused-ring (bicyclic) bond motifs is 5. The van der Waals surface area contributed by atoms with Crippen LogP contribution in [0.25, 0.3) is 22.2 Å². The fraction of sp³-hybridized carbons (Fsp3) is 0.240. The first kappa shape index (κ1) is 18.0. The Kier molecular flexibility index (Phi) is 3.80. The molecule has 5 heteroatoms. The van der Waals surface area contributed by atoms with Crippen LogP contribution >= 0.6 is 11.6 Å². The SMILES string of the molecule is Cc1ccc(C23CCN(Cc4cc(-c5ccc6[nH]c(=O)oc6c5)ccc42)C3)cc1Cl. The molecule has 4 aromatic rings. The molecule has 1 saturated heterocycles. The van der Waals surface area contributed by atoms with E-state index in [-0.39, 0.29) is 5.41 Å². The molecule has 2 atom stereocenters. The molecule has 2 aliphatic rings. The van der Waals surface area contributed by atoms with Crippen LogP contribution in [0.2, 0.25) is 5.02 Å². The number of halogens is 1. The summed E-state index contributed by atoms with van der Waals surface area (Å²) >= 11 is 6.50. The minimum Gasteiger partial charge on any atom is -0.408 e. The van der Waals surface area contributed by atoms with E-state index in [1.54, 1.807) is 0 Å². The van der Waals surface area contributed by atoms with Crippen molar-refractivity contribution in [2.45, 2.75) is 25.3 Å². The number of benzene rings is 3. The first-order valence-corrected chi connectivity index (χ1v) is 10.7. The second-order valence-corrected chi connectivity index (χ2v) is 9.01. The molecule has 6 rings (SSSR count). The summed E-state index contributed by atoms with van der Waals surface area (Å²) in [6.45, 7) is 5.15. The fourth-order valence-corrected chi connectivity index (χ4v) is 5.44. The number of rotatable bonds is 2. The molecule has 30 heavy (non-hydrogen) atoms. The number of nitrogens with one attached hydrogen (secondary N) is 1. The van der Waals surface area contributed by atoms with Crippen LogP contribution in [0.5, 0.6) is 0 Å². The van der Waals surface area contributed by atoms with Gasteiger partial charge in [-0.05, 0) is 77.5 Å². The highest BCUT2D eigenvalue weighted by molar-refractivity contribution is 6.31. The lowest BCUT2D eigenvalue weighted by Gasteiger charge is -2.37. The maximum absolute atomic E-state index is 11.5. The van der Waals surface area contributed by atoms with Crippen LogP contribution in [0, 0.1) is 6.92 Å². The van der Waals surface area contributed by atoms with Gasteiger partial charge in [0.05, 0.1) is 5.52 Å². The van der Waals surface area contributed by atoms with E-state index in [0.29, 0.717) is 5.58 Å². The van der Waals surface area contributed by atoms with Crippen LogP contribution in [0.3, 0.4) is 0 Å². The Morgan fingerprint density at radius 1 is 1.07 bits per heavy atom. The van der Waals surface area contributed by atoms with E-state index in [4.69, 9.17) is 16.0 Å². The minimum atomic E-state index is -0.421. The Balaban J connectivity index is 1.48. The minimum absolute atomic E-state index is 0.000832. The van der Waals surface area contributed by atoms with E-state index in [1.165, 1.54) is 16.7 Å². The van der Waals surface area contributed by atoms with Gasteiger partial charge in [-0.2, -0.15) is 0 Å². The highest BCUT2D eigenvalue weighted by Crippen LogP contribution is 2.47. The number of aryl methyl sites for hydroxylation is 1. The van der Waals surface area contributed by atoms with Gasteiger partial charge in [-0.1, -0.05) is 41.9 Å². The predicted octanol–water partition coefficient (Wildman–Crippen LogP) is 5.26. The second kappa shape index (κ2) is 6.34. The summed E-state index contributed by atoms with van der Waals surface area (Å²) in [7, 11) is 0. The molecule has 0 radical (unpaired) electrons. The molecule has 0 saturated carbocycles. The van der Waals surface area contributed by atoms with Gasteiger partial charge in [0.25, 0.3) is 0 Å². The molecule has 2 unspecified atom stereocenters. The lowest BCUT2D eigenvalue weighted by molar-refractivity contribution is 0.295. The molecule has 2 aliphatic heterocycles. The van der Waals surface area contributed by atoms with Gasteiger partial charge in [0.15, 0.2) is 5.58 Å². The quantitative estimate of drug-likeness (QED) is 0.485. The van der Waals surface area contributed by atoms with Crippen LogP contribution in [0.1, 0.15) is 28.7 Å². The summed E-state index contributed by atoms with van der Waals surface area (Å²) in [5.74, 6) is -0.421. The Morgan fingerprint density at radius 2 is 1.90 bits per heavy atom. The van der Waals surface area contributed by atoms with Gasteiger partial charge in [0.2, 0.25) is 0 Å². The van der Waals surface area contributed by atoms with Crippen molar-refractivity contribution in [2.24, 2.45) is 0 Å². The zero-order chi connectivity index (χ0) is 20.5. The fourth-order valence-electron chi connectivity index (χ4n) is 5.26. The van der Waals surface area contributed by atoms with Gasteiger partial charge in [0.1, 0.15) is 0 Å². The maximum atomic E-state index is 11.5. The van der Waals surface area contributed by atoms with E-state index in [9.17, 15) is 4.79 Å². The first-order chi connectivity index (χ1) is 14.5. The molecule has 0 aliphatic carbocycles. The van der Waals surface area contributed by atoms with Crippen molar-refractivity contribution in [1.29, 1.82) is 0 Å². The summed E-state index contributed by atoms with van der Waals surface area (Å²) in [6, 6.07) is 19.2. The molecule has 1 N–H and O–H groups in total. The van der Waals surface area contributed by atoms with E-state index < -0.39 is 5.76 Å². The third-order valence-electron chi connectivity index (χ3n) is 6.84. The van der Waals surface area contributed by atoms with Crippen molar-refractivity contribution in [3.8, 4) is 11.1 Å². The van der Waals surface area contributed by atoms with Gasteiger partial charge in [-0.15, -0.1) is 0 Å². The van der Waals surface area contributed by atoms with E-state index >= 15 is 0 Å². The lowest BCUT2D eigenvalue weighted by Crippen LogP contribution is -2.37. The van der Waals surface area contributed by atoms with Crippen LogP contribution < -0.4 is 5.76 Å². The molecule has 150 valence electrons. The summed E-state index contributed by atoms with van der Waals surface area (Å²) in [4.78, 5) is 16.7. The first-order valence-electron chi connectivity index (χ1n) is 10.3. The largest absolute Gasteiger partial charge is 0.417 e. The standard InChI is InChI=1S/C25H21ClN2O2/c1-15-2-5-19(12-21(15)26)25-8-9-28(14-25)13-18-10-16(3-6-20(18)25)17-4-7-22-23(11-17)30-24(29)27-22/h2-7,10-12H,8-9,13-14H2,1H3,(H,27,29). The molecule has 1 fully saturated rings. The van der Waals surface area contributed by atoms with Crippen molar-refractivity contribution < 1.29 is 4.42 Å². The molecule has 0 amide bonds. The number of aromatic amines is 1. The molecule has 2 bridgehead atoms. The maximum Gasteiger partial charge on any atom is 0.417 e. The van der Waals surface area contributed by atoms with Crippen LogP contribution in [-0.4, -0.2) is 23.0 Å². The highest BCUT2D eigenvalue weighted by Gasteiger charge is 2.45. The van der Waals surface area contributed by atoms with Crippen molar-refractivity contribution in [3.05, 3.63) is 92.4 Å². The van der Waals surface area contributed by atoms with Crippen LogP contribution in [-0.2, 0) is 12.0 Å². The van der Waals surface area contributed by atoms with Crippen LogP contribution in [0.15, 0.2) is 63.8 Å². The van der Waals surface area contributed by atoms with E-state index in [2.05, 4.69) is 53.2 Å². The molecular weight excluding hydrogens is 396 g/mol. The summed E-state index contributed by atoms with van der Waals surface area (Å²) in [6.07, 6.45) is 1.11. The van der Waals surface area contributed by atoms with Crippen molar-refractivity contribution in [3.63, 3.8) is 0 Å². The van der Waals surface area contributed by atoms with Crippen LogP contribution in [0.4, 0.5) is 0 Å². The average Bonchev–Trinajstić information content (AvgIpc) is 3.29. The van der Waals surface area contributed by atoms with E-state index in [1.807, 2.05) is 18.2 Å². The molecular formula is C25H21ClN2O2. The smallest absolute Gasteiger partial charge is 0.408 e. The number of hydrogen-bond acceptors (Lipinski definition) is 3. The van der Waals surface area contributed by atoms with Gasteiger partial charge in [-0.3, -0.25) is 9.88 Å². The number of nitrogens with zero attached hydrogens (tertiary/aromatic N) is 1. The van der Waals surface area contributed by atoms with Gasteiger partial charge in [0, 0.05) is 23.5 Å². The highest BCUT2D eigenvalue weighted by atomic mass is 35.5. The Labute approximate surface area is 179 Å². The number of aromatic nitrogens is 1. The number of oxazole rings is 1. The monoisotopic (exact) mass is 416 g/mol. The van der Waals surface area contributed by atoms with E-state index in [0.717, 1.165) is 53.3 Å². The summed E-state index contributed by atoms with van der Waals surface area (Å²) in [5.41, 5.74) is 8.70. The third-order valence-corrected chi connectivity index (χ3v) is 7.25. The average molecular weight is 417 g/mol. The Hall–Kier alpha value is -2.82. The predicted molar refractivity (Wildman–Crippen MR) is 119 cm³/mol. The van der Waals surface area contributed by atoms with Gasteiger partial charge in [-0.25, -0.2) is 4.79 Å². The molecule has 0 spiro atoms. The van der Waals surface area contributed by atoms with Gasteiger partial charge >= 0.3 is 5.76 Å². The zero-order valence-corrected chi connectivity index (χ0v) is 17.4. The van der Waals surface area contributed by atoms with Crippen molar-refractivity contribution in [2.75, 3.05) is 13.1 Å². The Morgan fingerprint density at radius 3 is 2.77 bits per heavy atom. The van der Waals surface area contributed by atoms with Crippen molar-refractivity contribution in [1.82, 2.24) is 9.88 Å². The summed E-state index contributed by atoms with van der Waals surface area (Å²) in [5, 5.41) is 0.838. The topological polar surface area (TPSA) is 49.2 Å². The zero-order valence-electron chi connectivity index (χ0n) is 16.7. The normalized spacial score (nSPS) is 22.4. The molecule has 1 aromatic heterocycles. The lowest BCUT2D eigenvalue weighted by atomic mass is 9.70.